The Morgan fingerprint density at radius 3 is 2.81 bits per heavy atom. The van der Waals surface area contributed by atoms with Gasteiger partial charge in [-0.1, -0.05) is 12.1 Å². The summed E-state index contributed by atoms with van der Waals surface area (Å²) in [5.41, 5.74) is 1.46. The number of hydrogen-bond donors (Lipinski definition) is 1. The second-order valence-corrected chi connectivity index (χ2v) is 4.94. The Morgan fingerprint density at radius 2 is 2.10 bits per heavy atom. The number of carboxylic acids is 1. The Labute approximate surface area is 121 Å². The molecule has 0 bridgehead atoms. The highest BCUT2D eigenvalue weighted by atomic mass is 16.5. The van der Waals surface area contributed by atoms with Crippen molar-refractivity contribution >= 4 is 23.0 Å². The Kier molecular flexibility index (Phi) is 3.66. The largest absolute Gasteiger partial charge is 0.481 e. The molecule has 2 atom stereocenters. The average Bonchev–Trinajstić information content (AvgIpc) is 2.97. The number of para-hydroxylation sites is 1. The van der Waals surface area contributed by atoms with Gasteiger partial charge in [0.1, 0.15) is 11.4 Å². The summed E-state index contributed by atoms with van der Waals surface area (Å²) in [5, 5.41) is 17.6. The lowest BCUT2D eigenvalue weighted by molar-refractivity contribution is -0.141. The van der Waals surface area contributed by atoms with E-state index < -0.39 is 11.9 Å². The molecule has 1 saturated heterocycles. The molecular weight excluding hydrogens is 272 g/mol. The number of hydrogen-bond acceptors (Lipinski definition) is 6. The van der Waals surface area contributed by atoms with Crippen LogP contribution in [0.15, 0.2) is 24.3 Å². The second kappa shape index (κ2) is 5.61. The van der Waals surface area contributed by atoms with Crippen LogP contribution >= 0.6 is 0 Å². The number of carbonyl (C=O) groups is 1. The molecule has 1 aliphatic heterocycles. The lowest BCUT2D eigenvalue weighted by Crippen LogP contribution is -2.44. The molecule has 0 amide bonds. The molecule has 1 N–H and O–H groups in total. The summed E-state index contributed by atoms with van der Waals surface area (Å²) < 4.78 is 5.32. The Hall–Kier alpha value is -2.28. The van der Waals surface area contributed by atoms with Crippen LogP contribution in [0.5, 0.6) is 0 Å². The molecular formula is C14H16N4O3. The van der Waals surface area contributed by atoms with E-state index in [2.05, 4.69) is 15.2 Å². The fraction of sp³-hybridized carbons (Fsp3) is 0.429. The van der Waals surface area contributed by atoms with Gasteiger partial charge < -0.3 is 14.7 Å². The lowest BCUT2D eigenvalue weighted by atomic mass is 10.0. The van der Waals surface area contributed by atoms with E-state index in [-0.39, 0.29) is 12.6 Å². The van der Waals surface area contributed by atoms with Crippen LogP contribution in [-0.4, -0.2) is 52.1 Å². The molecule has 2 heterocycles. The van der Waals surface area contributed by atoms with Crippen molar-refractivity contribution in [3.63, 3.8) is 0 Å². The number of rotatable bonds is 4. The molecule has 21 heavy (non-hydrogen) atoms. The van der Waals surface area contributed by atoms with Crippen LogP contribution in [0.1, 0.15) is 6.92 Å². The minimum Gasteiger partial charge on any atom is -0.481 e. The molecule has 1 aromatic carbocycles. The number of anilines is 1. The van der Waals surface area contributed by atoms with Gasteiger partial charge in [0.2, 0.25) is 5.95 Å². The van der Waals surface area contributed by atoms with Gasteiger partial charge in [0.05, 0.1) is 24.8 Å². The molecule has 2 unspecified atom stereocenters. The molecule has 1 fully saturated rings. The van der Waals surface area contributed by atoms with Crippen molar-refractivity contribution in [3.8, 4) is 0 Å². The number of likely N-dealkylation sites (N-methyl/N-ethyl adjacent to an activating group) is 1. The van der Waals surface area contributed by atoms with E-state index in [1.54, 1.807) is 0 Å². The first-order chi connectivity index (χ1) is 10.2. The van der Waals surface area contributed by atoms with Crippen molar-refractivity contribution in [2.24, 2.45) is 5.92 Å². The summed E-state index contributed by atoms with van der Waals surface area (Å²) in [7, 11) is 0. The molecule has 7 nitrogen and oxygen atoms in total. The summed E-state index contributed by atoms with van der Waals surface area (Å²) in [6.45, 7) is 3.12. The van der Waals surface area contributed by atoms with Gasteiger partial charge in [0.25, 0.3) is 0 Å². The van der Waals surface area contributed by atoms with E-state index in [0.29, 0.717) is 19.1 Å². The van der Waals surface area contributed by atoms with Gasteiger partial charge in [-0.2, -0.15) is 0 Å². The molecule has 0 aliphatic carbocycles. The molecule has 110 valence electrons. The van der Waals surface area contributed by atoms with Gasteiger partial charge in [-0.05, 0) is 19.1 Å². The number of fused-ring (bicyclic) bond motifs is 1. The third-order valence-corrected chi connectivity index (χ3v) is 3.71. The van der Waals surface area contributed by atoms with Crippen LogP contribution < -0.4 is 4.90 Å². The number of ether oxygens (including phenoxy) is 1. The standard InChI is InChI=1S/C14H16N4O3/c1-2-18(12-8-21-7-9(12)13(19)20)14-15-10-5-3-4-6-11(10)16-17-14/h3-6,9,12H,2,7-8H2,1H3,(H,19,20). The van der Waals surface area contributed by atoms with Crippen LogP contribution in [0.4, 0.5) is 5.95 Å². The smallest absolute Gasteiger partial charge is 0.311 e. The molecule has 2 aromatic rings. The van der Waals surface area contributed by atoms with Crippen LogP contribution in [-0.2, 0) is 9.53 Å². The zero-order valence-electron chi connectivity index (χ0n) is 11.6. The second-order valence-electron chi connectivity index (χ2n) is 4.94. The van der Waals surface area contributed by atoms with Crippen LogP contribution in [0.25, 0.3) is 11.0 Å². The minimum atomic E-state index is -0.857. The lowest BCUT2D eigenvalue weighted by Gasteiger charge is -2.28. The highest BCUT2D eigenvalue weighted by molar-refractivity contribution is 5.75. The van der Waals surface area contributed by atoms with Crippen molar-refractivity contribution < 1.29 is 14.6 Å². The Bertz CT molecular complexity index is 663. The Balaban J connectivity index is 1.95. The SMILES string of the molecule is CCN(c1nnc2ccccc2n1)C1COCC1C(=O)O. The molecule has 0 radical (unpaired) electrons. The predicted molar refractivity (Wildman–Crippen MR) is 76.1 cm³/mol. The quantitative estimate of drug-likeness (QED) is 0.896. The van der Waals surface area contributed by atoms with E-state index in [1.165, 1.54) is 0 Å². The first kappa shape index (κ1) is 13.7. The number of carboxylic acid groups (broad SMARTS) is 1. The van der Waals surface area contributed by atoms with Crippen molar-refractivity contribution in [2.45, 2.75) is 13.0 Å². The summed E-state index contributed by atoms with van der Waals surface area (Å²) >= 11 is 0. The van der Waals surface area contributed by atoms with Gasteiger partial charge in [-0.3, -0.25) is 4.79 Å². The van der Waals surface area contributed by atoms with Crippen LogP contribution in [0.3, 0.4) is 0 Å². The first-order valence-electron chi connectivity index (χ1n) is 6.87. The number of nitrogens with zero attached hydrogens (tertiary/aromatic N) is 4. The first-order valence-corrected chi connectivity index (χ1v) is 6.87. The molecule has 0 saturated carbocycles. The molecule has 1 aromatic heterocycles. The van der Waals surface area contributed by atoms with Crippen molar-refractivity contribution in [1.29, 1.82) is 0 Å². The maximum atomic E-state index is 11.3. The predicted octanol–water partition coefficient (Wildman–Crippen LogP) is 0.951. The van der Waals surface area contributed by atoms with E-state index in [9.17, 15) is 9.90 Å². The average molecular weight is 288 g/mol. The fourth-order valence-corrected chi connectivity index (χ4v) is 2.60. The number of aromatic nitrogens is 3. The monoisotopic (exact) mass is 288 g/mol. The van der Waals surface area contributed by atoms with E-state index in [1.807, 2.05) is 36.1 Å². The Morgan fingerprint density at radius 1 is 1.33 bits per heavy atom. The molecule has 0 spiro atoms. The zero-order valence-corrected chi connectivity index (χ0v) is 11.6. The van der Waals surface area contributed by atoms with Crippen LogP contribution in [0.2, 0.25) is 0 Å². The van der Waals surface area contributed by atoms with Crippen molar-refractivity contribution in [3.05, 3.63) is 24.3 Å². The fourth-order valence-electron chi connectivity index (χ4n) is 2.60. The summed E-state index contributed by atoms with van der Waals surface area (Å²) in [5.74, 6) is -0.984. The van der Waals surface area contributed by atoms with Crippen molar-refractivity contribution in [2.75, 3.05) is 24.7 Å². The molecule has 3 rings (SSSR count). The topological polar surface area (TPSA) is 88.4 Å². The maximum Gasteiger partial charge on any atom is 0.311 e. The van der Waals surface area contributed by atoms with Gasteiger partial charge in [-0.25, -0.2) is 4.98 Å². The maximum absolute atomic E-state index is 11.3. The highest BCUT2D eigenvalue weighted by Gasteiger charge is 2.38. The normalized spacial score (nSPS) is 21.6. The van der Waals surface area contributed by atoms with Gasteiger partial charge in [-0.15, -0.1) is 10.2 Å². The van der Waals surface area contributed by atoms with Crippen molar-refractivity contribution in [1.82, 2.24) is 15.2 Å². The molecule has 7 heteroatoms. The van der Waals surface area contributed by atoms with Crippen LogP contribution in [0, 0.1) is 5.92 Å². The molecule has 1 aliphatic rings. The minimum absolute atomic E-state index is 0.220. The van der Waals surface area contributed by atoms with E-state index in [0.717, 1.165) is 11.0 Å². The summed E-state index contributed by atoms with van der Waals surface area (Å²) in [6, 6.07) is 7.20. The summed E-state index contributed by atoms with van der Waals surface area (Å²) in [4.78, 5) is 17.7. The van der Waals surface area contributed by atoms with Gasteiger partial charge in [0, 0.05) is 6.54 Å². The van der Waals surface area contributed by atoms with Gasteiger partial charge in [0.15, 0.2) is 0 Å². The third kappa shape index (κ3) is 2.52. The third-order valence-electron chi connectivity index (χ3n) is 3.71. The number of benzene rings is 1. The van der Waals surface area contributed by atoms with E-state index in [4.69, 9.17) is 4.74 Å². The van der Waals surface area contributed by atoms with Gasteiger partial charge >= 0.3 is 5.97 Å². The summed E-state index contributed by atoms with van der Waals surface area (Å²) in [6.07, 6.45) is 0. The number of aliphatic carboxylic acids is 1. The van der Waals surface area contributed by atoms with E-state index >= 15 is 0 Å². The zero-order chi connectivity index (χ0) is 14.8. The highest BCUT2D eigenvalue weighted by Crippen LogP contribution is 2.24.